The van der Waals surface area contributed by atoms with Gasteiger partial charge in [-0.15, -0.1) is 0 Å². The summed E-state index contributed by atoms with van der Waals surface area (Å²) >= 11 is 0. The molecule has 0 aromatic heterocycles. The number of carbonyl (C=O) groups is 2. The molecule has 0 aliphatic heterocycles. The summed E-state index contributed by atoms with van der Waals surface area (Å²) in [4.78, 5) is 23.5. The van der Waals surface area contributed by atoms with Gasteiger partial charge in [0.1, 0.15) is 0 Å². The van der Waals surface area contributed by atoms with Crippen LogP contribution in [0.5, 0.6) is 0 Å². The van der Waals surface area contributed by atoms with Crippen LogP contribution >= 0.6 is 0 Å². The van der Waals surface area contributed by atoms with Crippen LogP contribution in [0.1, 0.15) is 26.3 Å². The van der Waals surface area contributed by atoms with Crippen LogP contribution in [0.3, 0.4) is 0 Å². The number of rotatable bonds is 6. The van der Waals surface area contributed by atoms with Gasteiger partial charge in [-0.05, 0) is 26.3 Å². The summed E-state index contributed by atoms with van der Waals surface area (Å²) in [6.07, 6.45) is 0. The van der Waals surface area contributed by atoms with Gasteiger partial charge in [0.2, 0.25) is 0 Å². The lowest BCUT2D eigenvalue weighted by atomic mass is 9.97. The third-order valence-electron chi connectivity index (χ3n) is 2.88. The van der Waals surface area contributed by atoms with Crippen LogP contribution in [-0.4, -0.2) is 23.9 Å². The van der Waals surface area contributed by atoms with Gasteiger partial charge in [0.25, 0.3) is 0 Å². The fraction of sp³-hybridized carbons (Fsp3) is 0.429. The van der Waals surface area contributed by atoms with Crippen molar-refractivity contribution in [3.05, 3.63) is 35.9 Å². The maximum atomic E-state index is 11.8. The Morgan fingerprint density at radius 2 is 1.89 bits per heavy atom. The lowest BCUT2D eigenvalue weighted by Crippen LogP contribution is -2.55. The van der Waals surface area contributed by atoms with Crippen molar-refractivity contribution in [3.8, 4) is 0 Å². The number of hydrogen-bond donors (Lipinski definition) is 1. The number of ketones is 1. The minimum absolute atomic E-state index is 0.253. The van der Waals surface area contributed by atoms with Gasteiger partial charge >= 0.3 is 5.97 Å². The zero-order chi connectivity index (χ0) is 13.6. The van der Waals surface area contributed by atoms with Gasteiger partial charge < -0.3 is 4.74 Å². The predicted molar refractivity (Wildman–Crippen MR) is 69.0 cm³/mol. The lowest BCUT2D eigenvalue weighted by Gasteiger charge is -2.25. The largest absolute Gasteiger partial charge is 0.464 e. The summed E-state index contributed by atoms with van der Waals surface area (Å²) in [6, 6.07) is 9.59. The highest BCUT2D eigenvalue weighted by molar-refractivity contribution is 6.06. The second-order valence-corrected chi connectivity index (χ2v) is 4.24. The Kier molecular flexibility index (Phi) is 5.04. The van der Waals surface area contributed by atoms with Crippen molar-refractivity contribution < 1.29 is 14.3 Å². The van der Waals surface area contributed by atoms with Gasteiger partial charge in [-0.2, -0.15) is 0 Å². The summed E-state index contributed by atoms with van der Waals surface area (Å²) < 4.78 is 4.93. The molecule has 0 aliphatic carbocycles. The van der Waals surface area contributed by atoms with E-state index in [1.54, 1.807) is 13.8 Å². The van der Waals surface area contributed by atoms with E-state index in [9.17, 15) is 9.59 Å². The van der Waals surface area contributed by atoms with E-state index >= 15 is 0 Å². The quantitative estimate of drug-likeness (QED) is 0.615. The molecule has 0 bridgehead atoms. The number of esters is 1. The molecule has 98 valence electrons. The molecule has 1 aromatic rings. The van der Waals surface area contributed by atoms with Gasteiger partial charge in [-0.3, -0.25) is 10.1 Å². The smallest absolute Gasteiger partial charge is 0.333 e. The van der Waals surface area contributed by atoms with E-state index < -0.39 is 11.5 Å². The van der Waals surface area contributed by atoms with Gasteiger partial charge in [-0.1, -0.05) is 30.3 Å². The first-order valence-corrected chi connectivity index (χ1v) is 5.98. The third-order valence-corrected chi connectivity index (χ3v) is 2.88. The van der Waals surface area contributed by atoms with Crippen LogP contribution in [0.25, 0.3) is 0 Å². The summed E-state index contributed by atoms with van der Waals surface area (Å²) in [5.41, 5.74) is -0.277. The Morgan fingerprint density at radius 1 is 1.28 bits per heavy atom. The van der Waals surface area contributed by atoms with E-state index in [-0.39, 0.29) is 12.4 Å². The van der Waals surface area contributed by atoms with Gasteiger partial charge in [-0.25, -0.2) is 4.79 Å². The van der Waals surface area contributed by atoms with Crippen LogP contribution in [0.15, 0.2) is 30.3 Å². The van der Waals surface area contributed by atoms with E-state index in [2.05, 4.69) is 5.32 Å². The van der Waals surface area contributed by atoms with Crippen molar-refractivity contribution in [2.45, 2.75) is 32.9 Å². The molecule has 1 aromatic carbocycles. The second-order valence-electron chi connectivity index (χ2n) is 4.24. The molecule has 0 radical (unpaired) electrons. The average Bonchev–Trinajstić information content (AvgIpc) is 2.37. The van der Waals surface area contributed by atoms with Crippen LogP contribution in [0.2, 0.25) is 0 Å². The van der Waals surface area contributed by atoms with E-state index in [1.807, 2.05) is 30.3 Å². The molecular formula is C14H19NO3. The first kappa shape index (κ1) is 14.4. The van der Waals surface area contributed by atoms with Crippen molar-refractivity contribution in [1.29, 1.82) is 0 Å². The van der Waals surface area contributed by atoms with E-state index in [0.717, 1.165) is 5.56 Å². The Hall–Kier alpha value is -1.68. The molecule has 4 heteroatoms. The van der Waals surface area contributed by atoms with Crippen LogP contribution in [0, 0.1) is 0 Å². The maximum absolute atomic E-state index is 11.8. The van der Waals surface area contributed by atoms with Crippen molar-refractivity contribution in [2.24, 2.45) is 0 Å². The van der Waals surface area contributed by atoms with Crippen molar-refractivity contribution in [2.75, 3.05) is 6.61 Å². The first-order valence-electron chi connectivity index (χ1n) is 5.98. The standard InChI is InChI=1S/C14H19NO3/c1-4-18-13(17)14(3,11(2)16)15-10-12-8-6-5-7-9-12/h5-9,15H,4,10H2,1-3H3. The highest BCUT2D eigenvalue weighted by Crippen LogP contribution is 2.10. The Morgan fingerprint density at radius 3 is 2.39 bits per heavy atom. The number of Topliss-reactive ketones (excluding diaryl/α,β-unsaturated/α-hetero) is 1. The summed E-state index contributed by atoms with van der Waals surface area (Å²) in [6.45, 7) is 5.35. The Labute approximate surface area is 107 Å². The number of carbonyl (C=O) groups excluding carboxylic acids is 2. The molecule has 0 fully saturated rings. The number of ether oxygens (including phenoxy) is 1. The molecule has 0 saturated carbocycles. The minimum atomic E-state index is -1.29. The molecular weight excluding hydrogens is 230 g/mol. The molecule has 4 nitrogen and oxygen atoms in total. The molecule has 0 aliphatic rings. The fourth-order valence-electron chi connectivity index (χ4n) is 1.49. The zero-order valence-electron chi connectivity index (χ0n) is 11.0. The summed E-state index contributed by atoms with van der Waals surface area (Å²) in [5.74, 6) is -0.787. The Balaban J connectivity index is 2.75. The second kappa shape index (κ2) is 6.31. The molecule has 0 spiro atoms. The molecule has 0 saturated heterocycles. The minimum Gasteiger partial charge on any atom is -0.464 e. The van der Waals surface area contributed by atoms with Crippen LogP contribution < -0.4 is 5.32 Å². The Bertz CT molecular complexity index is 416. The number of benzene rings is 1. The summed E-state index contributed by atoms with van der Waals surface area (Å²) in [7, 11) is 0. The fourth-order valence-corrected chi connectivity index (χ4v) is 1.49. The number of hydrogen-bond acceptors (Lipinski definition) is 4. The third kappa shape index (κ3) is 3.40. The molecule has 0 amide bonds. The van der Waals surface area contributed by atoms with E-state index in [0.29, 0.717) is 6.54 Å². The van der Waals surface area contributed by atoms with Gasteiger partial charge in [0.05, 0.1) is 6.61 Å². The average molecular weight is 249 g/mol. The zero-order valence-corrected chi connectivity index (χ0v) is 11.0. The molecule has 1 N–H and O–H groups in total. The molecule has 0 heterocycles. The van der Waals surface area contributed by atoms with Crippen molar-refractivity contribution >= 4 is 11.8 Å². The molecule has 1 atom stereocenters. The normalized spacial score (nSPS) is 13.7. The molecule has 18 heavy (non-hydrogen) atoms. The topological polar surface area (TPSA) is 55.4 Å². The first-order chi connectivity index (χ1) is 8.50. The van der Waals surface area contributed by atoms with E-state index in [1.165, 1.54) is 6.92 Å². The lowest BCUT2D eigenvalue weighted by molar-refractivity contribution is -0.154. The van der Waals surface area contributed by atoms with Crippen LogP contribution in [-0.2, 0) is 20.9 Å². The highest BCUT2D eigenvalue weighted by atomic mass is 16.5. The predicted octanol–water partition coefficient (Wildman–Crippen LogP) is 1.69. The molecule has 1 rings (SSSR count). The monoisotopic (exact) mass is 249 g/mol. The van der Waals surface area contributed by atoms with Crippen molar-refractivity contribution in [3.63, 3.8) is 0 Å². The van der Waals surface area contributed by atoms with Crippen molar-refractivity contribution in [1.82, 2.24) is 5.32 Å². The molecule has 1 unspecified atom stereocenters. The van der Waals surface area contributed by atoms with E-state index in [4.69, 9.17) is 4.74 Å². The summed E-state index contributed by atoms with van der Waals surface area (Å²) in [5, 5.41) is 2.97. The van der Waals surface area contributed by atoms with Crippen LogP contribution in [0.4, 0.5) is 0 Å². The maximum Gasteiger partial charge on any atom is 0.333 e. The number of nitrogens with one attached hydrogen (secondary N) is 1. The van der Waals surface area contributed by atoms with Gasteiger partial charge in [0, 0.05) is 6.54 Å². The van der Waals surface area contributed by atoms with Gasteiger partial charge in [0.15, 0.2) is 11.3 Å². The SMILES string of the molecule is CCOC(=O)C(C)(NCc1ccccc1)C(C)=O. The highest BCUT2D eigenvalue weighted by Gasteiger charge is 2.39.